The predicted octanol–water partition coefficient (Wildman–Crippen LogP) is 3.61. The van der Waals surface area contributed by atoms with E-state index in [1.165, 1.54) is 0 Å². The van der Waals surface area contributed by atoms with Crippen LogP contribution in [-0.2, 0) is 10.3 Å². The Hall–Kier alpha value is -1.15. The van der Waals surface area contributed by atoms with Gasteiger partial charge >= 0.3 is 0 Å². The first kappa shape index (κ1) is 14.9. The van der Waals surface area contributed by atoms with E-state index in [0.717, 1.165) is 24.8 Å². The molecule has 1 aromatic carbocycles. The van der Waals surface area contributed by atoms with Crippen LogP contribution in [0.5, 0.6) is 0 Å². The SMILES string of the molecule is CCCCC(=O)[C@@](CC)(c1ccccc1)N(C)C. The zero-order chi connectivity index (χ0) is 13.6. The number of likely N-dealkylation sites (N-methyl/N-ethyl adjacent to an activating group) is 1. The number of rotatable bonds is 7. The number of carbonyl (C=O) groups is 1. The third-order valence-corrected chi connectivity index (χ3v) is 3.75. The van der Waals surface area contributed by atoms with E-state index in [1.54, 1.807) is 0 Å². The fraction of sp³-hybridized carbons (Fsp3) is 0.562. The Bertz CT molecular complexity index is 372. The van der Waals surface area contributed by atoms with Gasteiger partial charge in [0.25, 0.3) is 0 Å². The van der Waals surface area contributed by atoms with E-state index in [0.29, 0.717) is 12.2 Å². The smallest absolute Gasteiger partial charge is 0.157 e. The van der Waals surface area contributed by atoms with Crippen molar-refractivity contribution in [1.82, 2.24) is 4.90 Å². The van der Waals surface area contributed by atoms with E-state index in [1.807, 2.05) is 32.3 Å². The van der Waals surface area contributed by atoms with Gasteiger partial charge in [0.2, 0.25) is 0 Å². The van der Waals surface area contributed by atoms with Crippen LogP contribution in [0.15, 0.2) is 30.3 Å². The number of unbranched alkanes of at least 4 members (excludes halogenated alkanes) is 1. The van der Waals surface area contributed by atoms with Gasteiger partial charge in [-0.05, 0) is 32.5 Å². The molecule has 0 aliphatic heterocycles. The van der Waals surface area contributed by atoms with Crippen LogP contribution in [0.1, 0.15) is 45.1 Å². The highest BCUT2D eigenvalue weighted by molar-refractivity contribution is 5.89. The first-order valence-electron chi connectivity index (χ1n) is 6.85. The van der Waals surface area contributed by atoms with Crippen LogP contribution in [0.2, 0.25) is 0 Å². The quantitative estimate of drug-likeness (QED) is 0.733. The highest BCUT2D eigenvalue weighted by Crippen LogP contribution is 2.32. The Morgan fingerprint density at radius 3 is 2.22 bits per heavy atom. The van der Waals surface area contributed by atoms with Crippen LogP contribution < -0.4 is 0 Å². The Morgan fingerprint density at radius 1 is 1.17 bits per heavy atom. The first-order valence-corrected chi connectivity index (χ1v) is 6.85. The lowest BCUT2D eigenvalue weighted by Gasteiger charge is -2.38. The number of hydrogen-bond acceptors (Lipinski definition) is 2. The van der Waals surface area contributed by atoms with E-state index in [2.05, 4.69) is 30.9 Å². The molecule has 0 aromatic heterocycles. The Morgan fingerprint density at radius 2 is 1.78 bits per heavy atom. The van der Waals surface area contributed by atoms with E-state index in [4.69, 9.17) is 0 Å². The van der Waals surface area contributed by atoms with Gasteiger partial charge in [-0.15, -0.1) is 0 Å². The monoisotopic (exact) mass is 247 g/mol. The van der Waals surface area contributed by atoms with Crippen molar-refractivity contribution in [2.45, 2.75) is 45.1 Å². The second kappa shape index (κ2) is 6.69. The highest BCUT2D eigenvalue weighted by atomic mass is 16.1. The molecule has 0 saturated carbocycles. The lowest BCUT2D eigenvalue weighted by molar-refractivity contribution is -0.130. The van der Waals surface area contributed by atoms with Gasteiger partial charge in [0.1, 0.15) is 5.54 Å². The maximum atomic E-state index is 12.7. The maximum Gasteiger partial charge on any atom is 0.157 e. The van der Waals surface area contributed by atoms with Crippen molar-refractivity contribution in [3.63, 3.8) is 0 Å². The summed E-state index contributed by atoms with van der Waals surface area (Å²) in [6.07, 6.45) is 3.51. The van der Waals surface area contributed by atoms with Crippen molar-refractivity contribution in [2.24, 2.45) is 0 Å². The molecule has 0 saturated heterocycles. The second-order valence-electron chi connectivity index (χ2n) is 5.00. The fourth-order valence-corrected chi connectivity index (χ4v) is 2.64. The minimum Gasteiger partial charge on any atom is -0.297 e. The first-order chi connectivity index (χ1) is 8.59. The molecule has 1 rings (SSSR count). The Labute approximate surface area is 111 Å². The number of nitrogens with zero attached hydrogens (tertiary/aromatic N) is 1. The normalized spacial score (nSPS) is 14.5. The zero-order valence-electron chi connectivity index (χ0n) is 12.1. The average molecular weight is 247 g/mol. The van der Waals surface area contributed by atoms with Gasteiger partial charge in [-0.25, -0.2) is 0 Å². The summed E-state index contributed by atoms with van der Waals surface area (Å²) in [4.78, 5) is 14.7. The van der Waals surface area contributed by atoms with Gasteiger partial charge in [0.15, 0.2) is 5.78 Å². The third-order valence-electron chi connectivity index (χ3n) is 3.75. The molecule has 0 aliphatic carbocycles. The Kier molecular flexibility index (Phi) is 5.54. The lowest BCUT2D eigenvalue weighted by atomic mass is 9.80. The van der Waals surface area contributed by atoms with E-state index in [-0.39, 0.29) is 0 Å². The molecule has 0 amide bonds. The minimum atomic E-state index is -0.462. The largest absolute Gasteiger partial charge is 0.297 e. The molecule has 0 aliphatic rings. The summed E-state index contributed by atoms with van der Waals surface area (Å²) >= 11 is 0. The van der Waals surface area contributed by atoms with Crippen molar-refractivity contribution in [2.75, 3.05) is 14.1 Å². The maximum absolute atomic E-state index is 12.7. The molecule has 1 atom stereocenters. The van der Waals surface area contributed by atoms with Gasteiger partial charge in [0, 0.05) is 6.42 Å². The summed E-state index contributed by atoms with van der Waals surface area (Å²) in [6, 6.07) is 10.1. The van der Waals surface area contributed by atoms with Gasteiger partial charge in [-0.3, -0.25) is 9.69 Å². The molecule has 0 fully saturated rings. The van der Waals surface area contributed by atoms with Crippen LogP contribution in [0.25, 0.3) is 0 Å². The number of carbonyl (C=O) groups excluding carboxylic acids is 1. The van der Waals surface area contributed by atoms with Gasteiger partial charge in [0.05, 0.1) is 0 Å². The summed E-state index contributed by atoms with van der Waals surface area (Å²) in [7, 11) is 4.00. The molecule has 1 aromatic rings. The fourth-order valence-electron chi connectivity index (χ4n) is 2.64. The zero-order valence-corrected chi connectivity index (χ0v) is 12.1. The Balaban J connectivity index is 3.14. The molecular formula is C16H25NO. The second-order valence-corrected chi connectivity index (χ2v) is 5.00. The van der Waals surface area contributed by atoms with Gasteiger partial charge in [-0.2, -0.15) is 0 Å². The van der Waals surface area contributed by atoms with Crippen molar-refractivity contribution in [1.29, 1.82) is 0 Å². The van der Waals surface area contributed by atoms with Crippen LogP contribution in [0.4, 0.5) is 0 Å². The van der Waals surface area contributed by atoms with Crippen LogP contribution >= 0.6 is 0 Å². The number of benzene rings is 1. The summed E-state index contributed by atoms with van der Waals surface area (Å²) in [5.74, 6) is 0.336. The molecule has 100 valence electrons. The van der Waals surface area contributed by atoms with E-state index >= 15 is 0 Å². The van der Waals surface area contributed by atoms with Crippen LogP contribution in [-0.4, -0.2) is 24.8 Å². The van der Waals surface area contributed by atoms with E-state index in [9.17, 15) is 4.79 Å². The molecule has 0 bridgehead atoms. The topological polar surface area (TPSA) is 20.3 Å². The number of ketones is 1. The molecule has 0 radical (unpaired) electrons. The van der Waals surface area contributed by atoms with E-state index < -0.39 is 5.54 Å². The summed E-state index contributed by atoms with van der Waals surface area (Å²) in [6.45, 7) is 4.22. The highest BCUT2D eigenvalue weighted by Gasteiger charge is 2.39. The molecule has 0 N–H and O–H groups in total. The van der Waals surface area contributed by atoms with Gasteiger partial charge < -0.3 is 0 Å². The molecule has 2 heteroatoms. The van der Waals surface area contributed by atoms with Crippen molar-refractivity contribution in [3.8, 4) is 0 Å². The van der Waals surface area contributed by atoms with Crippen molar-refractivity contribution < 1.29 is 4.79 Å². The molecule has 0 heterocycles. The molecule has 2 nitrogen and oxygen atoms in total. The van der Waals surface area contributed by atoms with Crippen molar-refractivity contribution >= 4 is 5.78 Å². The predicted molar refractivity (Wildman–Crippen MR) is 76.6 cm³/mol. The molecule has 18 heavy (non-hydrogen) atoms. The molecule has 0 spiro atoms. The van der Waals surface area contributed by atoms with Gasteiger partial charge in [-0.1, -0.05) is 50.6 Å². The van der Waals surface area contributed by atoms with Crippen LogP contribution in [0.3, 0.4) is 0 Å². The number of hydrogen-bond donors (Lipinski definition) is 0. The summed E-state index contributed by atoms with van der Waals surface area (Å²) in [5, 5.41) is 0. The van der Waals surface area contributed by atoms with Crippen LogP contribution in [0, 0.1) is 0 Å². The summed E-state index contributed by atoms with van der Waals surface area (Å²) in [5.41, 5.74) is 0.648. The molecule has 0 unspecified atom stereocenters. The minimum absolute atomic E-state index is 0.336. The number of Topliss-reactive ketones (excluding diaryl/α,β-unsaturated/α-hetero) is 1. The standard InChI is InChI=1S/C16H25NO/c1-5-7-13-15(18)16(6-2,17(3)4)14-11-9-8-10-12-14/h8-12H,5-7,13H2,1-4H3/t16-/m1/s1. The lowest BCUT2D eigenvalue weighted by Crippen LogP contribution is -2.47. The third kappa shape index (κ3) is 2.81. The summed E-state index contributed by atoms with van der Waals surface area (Å²) < 4.78 is 0. The van der Waals surface area contributed by atoms with Crippen molar-refractivity contribution in [3.05, 3.63) is 35.9 Å². The molecular weight excluding hydrogens is 222 g/mol. The average Bonchev–Trinajstić information content (AvgIpc) is 2.38.